The van der Waals surface area contributed by atoms with Crippen molar-refractivity contribution in [1.29, 1.82) is 0 Å². The topological polar surface area (TPSA) is 76.1 Å². The number of amides is 1. The molecule has 1 saturated heterocycles. The van der Waals surface area contributed by atoms with Crippen molar-refractivity contribution in [2.24, 2.45) is 0 Å². The molecule has 34 heavy (non-hydrogen) atoms. The molecule has 2 aliphatic rings. The molecule has 2 heterocycles. The molecule has 6 nitrogen and oxygen atoms in total. The number of benzene rings is 3. The molecule has 0 bridgehead atoms. The summed E-state index contributed by atoms with van der Waals surface area (Å²) in [7, 11) is 1.59. The Morgan fingerprint density at radius 1 is 1.06 bits per heavy atom. The number of aliphatic hydroxyl groups is 1. The van der Waals surface area contributed by atoms with Crippen molar-refractivity contribution in [3.8, 4) is 11.5 Å². The number of carbonyl (C=O) groups excluding carboxylic acids is 2. The summed E-state index contributed by atoms with van der Waals surface area (Å²) in [4.78, 5) is 27.9. The number of Topliss-reactive ketones (excluding diaryl/α,β-unsaturated/α-hetero) is 1. The Kier molecular flexibility index (Phi) is 5.57. The Hall–Kier alpha value is -4.06. The van der Waals surface area contributed by atoms with Crippen LogP contribution in [0.1, 0.15) is 35.2 Å². The molecule has 1 N–H and O–H groups in total. The number of carbonyl (C=O) groups is 2. The normalized spacial score (nSPS) is 20.8. The minimum absolute atomic E-state index is 0.0618. The van der Waals surface area contributed by atoms with E-state index in [4.69, 9.17) is 9.47 Å². The van der Waals surface area contributed by atoms with Crippen molar-refractivity contribution in [1.82, 2.24) is 4.90 Å². The van der Waals surface area contributed by atoms with Crippen LogP contribution in [0.25, 0.3) is 5.76 Å². The summed E-state index contributed by atoms with van der Waals surface area (Å²) in [6, 6.07) is 21.3. The third kappa shape index (κ3) is 3.81. The third-order valence-corrected chi connectivity index (χ3v) is 6.34. The molecule has 2 unspecified atom stereocenters. The molecule has 3 aromatic carbocycles. The number of nitrogens with zero attached hydrogens (tertiary/aromatic N) is 1. The quantitative estimate of drug-likeness (QED) is 0.345. The Labute approximate surface area is 198 Å². The molecule has 0 aliphatic carbocycles. The van der Waals surface area contributed by atoms with Crippen molar-refractivity contribution in [2.75, 3.05) is 7.11 Å². The van der Waals surface area contributed by atoms with Crippen LogP contribution in [-0.2, 0) is 22.6 Å². The van der Waals surface area contributed by atoms with E-state index in [9.17, 15) is 14.7 Å². The first-order valence-corrected chi connectivity index (χ1v) is 11.2. The minimum Gasteiger partial charge on any atom is -0.507 e. The molecule has 0 saturated carbocycles. The predicted octanol–water partition coefficient (Wildman–Crippen LogP) is 4.64. The largest absolute Gasteiger partial charge is 0.507 e. The van der Waals surface area contributed by atoms with Gasteiger partial charge in [-0.15, -0.1) is 0 Å². The monoisotopic (exact) mass is 455 g/mol. The summed E-state index contributed by atoms with van der Waals surface area (Å²) >= 11 is 0. The summed E-state index contributed by atoms with van der Waals surface area (Å²) in [5.41, 5.74) is 3.18. The highest BCUT2D eigenvalue weighted by molar-refractivity contribution is 6.46. The molecular formula is C28H25NO5. The Morgan fingerprint density at radius 3 is 2.50 bits per heavy atom. The number of methoxy groups -OCH3 is 1. The molecule has 1 fully saturated rings. The Balaban J connectivity index is 1.59. The lowest BCUT2D eigenvalue weighted by atomic mass is 9.94. The van der Waals surface area contributed by atoms with E-state index in [2.05, 4.69) is 0 Å². The fourth-order valence-electron chi connectivity index (χ4n) is 4.68. The number of rotatable bonds is 5. The van der Waals surface area contributed by atoms with E-state index in [0.717, 1.165) is 28.9 Å². The van der Waals surface area contributed by atoms with E-state index < -0.39 is 17.7 Å². The van der Waals surface area contributed by atoms with E-state index in [1.54, 1.807) is 19.2 Å². The van der Waals surface area contributed by atoms with Crippen LogP contribution >= 0.6 is 0 Å². The molecule has 3 aromatic rings. The van der Waals surface area contributed by atoms with E-state index >= 15 is 0 Å². The van der Waals surface area contributed by atoms with Crippen LogP contribution in [-0.4, -0.2) is 34.9 Å². The lowest BCUT2D eigenvalue weighted by Crippen LogP contribution is -2.29. The third-order valence-electron chi connectivity index (χ3n) is 6.34. The van der Waals surface area contributed by atoms with Crippen LogP contribution in [0.5, 0.6) is 11.5 Å². The molecule has 2 atom stereocenters. The lowest BCUT2D eigenvalue weighted by molar-refractivity contribution is -0.140. The minimum atomic E-state index is -0.702. The van der Waals surface area contributed by atoms with Crippen molar-refractivity contribution < 1.29 is 24.2 Å². The lowest BCUT2D eigenvalue weighted by Gasteiger charge is -2.25. The summed E-state index contributed by atoms with van der Waals surface area (Å²) in [5.74, 6) is -0.00922. The first kappa shape index (κ1) is 21.8. The van der Waals surface area contributed by atoms with Gasteiger partial charge in [-0.1, -0.05) is 42.5 Å². The van der Waals surface area contributed by atoms with Gasteiger partial charge >= 0.3 is 0 Å². The average Bonchev–Trinajstić information content (AvgIpc) is 3.35. The van der Waals surface area contributed by atoms with Gasteiger partial charge in [-0.2, -0.15) is 0 Å². The maximum absolute atomic E-state index is 13.2. The molecule has 6 heteroatoms. The zero-order valence-electron chi connectivity index (χ0n) is 19.0. The zero-order chi connectivity index (χ0) is 23.8. The van der Waals surface area contributed by atoms with Crippen LogP contribution in [0.3, 0.4) is 0 Å². The maximum Gasteiger partial charge on any atom is 0.295 e. The van der Waals surface area contributed by atoms with Crippen LogP contribution in [0.4, 0.5) is 0 Å². The summed E-state index contributed by atoms with van der Waals surface area (Å²) in [6.07, 6.45) is 0.788. The Morgan fingerprint density at radius 2 is 1.79 bits per heavy atom. The van der Waals surface area contributed by atoms with Gasteiger partial charge in [-0.05, 0) is 53.9 Å². The van der Waals surface area contributed by atoms with Gasteiger partial charge in [0.15, 0.2) is 0 Å². The number of likely N-dealkylation sites (tertiary alicyclic amines) is 1. The van der Waals surface area contributed by atoms with Gasteiger partial charge in [0.2, 0.25) is 0 Å². The maximum atomic E-state index is 13.2. The van der Waals surface area contributed by atoms with Crippen molar-refractivity contribution in [3.63, 3.8) is 0 Å². The molecule has 172 valence electrons. The standard InChI is InChI=1S/C28H25NO5/c1-17-14-21-15-20(10-13-23(21)34-17)26(30)24-25(19-6-4-3-5-7-19)29(28(32)27(24)31)16-18-8-11-22(33-2)12-9-18/h3-13,15,17,25,30H,14,16H2,1-2H3/b26-24-. The van der Waals surface area contributed by atoms with Gasteiger partial charge in [0.25, 0.3) is 11.7 Å². The van der Waals surface area contributed by atoms with Crippen molar-refractivity contribution >= 4 is 17.4 Å². The van der Waals surface area contributed by atoms with Crippen LogP contribution in [0.2, 0.25) is 0 Å². The van der Waals surface area contributed by atoms with Crippen molar-refractivity contribution in [2.45, 2.75) is 32.0 Å². The van der Waals surface area contributed by atoms with Crippen LogP contribution in [0.15, 0.2) is 78.4 Å². The van der Waals surface area contributed by atoms with Gasteiger partial charge in [-0.3, -0.25) is 9.59 Å². The highest BCUT2D eigenvalue weighted by Gasteiger charge is 2.46. The van der Waals surface area contributed by atoms with Crippen molar-refractivity contribution in [3.05, 3.63) is 101 Å². The van der Waals surface area contributed by atoms with E-state index in [-0.39, 0.29) is 24.0 Å². The number of hydrogen-bond donors (Lipinski definition) is 1. The second-order valence-corrected chi connectivity index (χ2v) is 8.64. The molecule has 0 aromatic heterocycles. The predicted molar refractivity (Wildman–Crippen MR) is 128 cm³/mol. The molecule has 0 spiro atoms. The smallest absolute Gasteiger partial charge is 0.295 e. The fourth-order valence-corrected chi connectivity index (χ4v) is 4.68. The number of aliphatic hydroxyl groups excluding tert-OH is 1. The molecule has 1 amide bonds. The van der Waals surface area contributed by atoms with E-state index in [1.165, 1.54) is 4.90 Å². The van der Waals surface area contributed by atoms with Gasteiger partial charge in [0.05, 0.1) is 18.7 Å². The first-order valence-electron chi connectivity index (χ1n) is 11.2. The van der Waals surface area contributed by atoms with Gasteiger partial charge in [0.1, 0.15) is 23.4 Å². The van der Waals surface area contributed by atoms with Gasteiger partial charge in [-0.25, -0.2) is 0 Å². The molecule has 5 rings (SSSR count). The molecule has 0 radical (unpaired) electrons. The second kappa shape index (κ2) is 8.71. The number of ether oxygens (including phenoxy) is 2. The zero-order valence-corrected chi connectivity index (χ0v) is 19.0. The van der Waals surface area contributed by atoms with E-state index in [1.807, 2.05) is 67.6 Å². The average molecular weight is 456 g/mol. The first-order chi connectivity index (χ1) is 16.5. The SMILES string of the molecule is COc1ccc(CN2C(=O)C(=O)/C(=C(\O)c3ccc4c(c3)CC(C)O4)C2c2ccccc2)cc1. The summed E-state index contributed by atoms with van der Waals surface area (Å²) in [5, 5.41) is 11.3. The molecule has 2 aliphatic heterocycles. The fraction of sp³-hybridized carbons (Fsp3) is 0.214. The number of hydrogen-bond acceptors (Lipinski definition) is 5. The molecular weight excluding hydrogens is 430 g/mol. The highest BCUT2D eigenvalue weighted by atomic mass is 16.5. The second-order valence-electron chi connectivity index (χ2n) is 8.64. The highest BCUT2D eigenvalue weighted by Crippen LogP contribution is 2.41. The van der Waals surface area contributed by atoms with Gasteiger partial charge in [0, 0.05) is 18.5 Å². The Bertz CT molecular complexity index is 1280. The summed E-state index contributed by atoms with van der Waals surface area (Å²) in [6.45, 7) is 2.21. The summed E-state index contributed by atoms with van der Waals surface area (Å²) < 4.78 is 11.0. The van der Waals surface area contributed by atoms with Crippen LogP contribution in [0, 0.1) is 0 Å². The van der Waals surface area contributed by atoms with Gasteiger partial charge < -0.3 is 19.5 Å². The number of ketones is 1. The van der Waals surface area contributed by atoms with Crippen LogP contribution < -0.4 is 9.47 Å². The number of fused-ring (bicyclic) bond motifs is 1. The van der Waals surface area contributed by atoms with E-state index in [0.29, 0.717) is 11.3 Å².